The van der Waals surface area contributed by atoms with E-state index in [1.165, 1.54) is 4.57 Å². The minimum atomic E-state index is -0.499. The highest BCUT2D eigenvalue weighted by Gasteiger charge is 2.19. The largest absolute Gasteiger partial charge is 0.486 e. The zero-order valence-electron chi connectivity index (χ0n) is 18.2. The lowest BCUT2D eigenvalue weighted by Gasteiger charge is -2.18. The lowest BCUT2D eigenvalue weighted by molar-refractivity contribution is -0.144. The van der Waals surface area contributed by atoms with Gasteiger partial charge in [0.1, 0.15) is 25.6 Å². The van der Waals surface area contributed by atoms with Crippen LogP contribution in [0.4, 0.5) is 0 Å². The Morgan fingerprint density at radius 3 is 2.69 bits per heavy atom. The number of carbonyl (C=O) groups excluding carboxylic acids is 1. The average molecular weight is 442 g/mol. The highest BCUT2D eigenvalue weighted by atomic mass is 16.6. The van der Waals surface area contributed by atoms with Crippen molar-refractivity contribution in [3.8, 4) is 11.5 Å². The third kappa shape index (κ3) is 4.25. The number of carbonyl (C=O) groups is 1. The predicted molar refractivity (Wildman–Crippen MR) is 116 cm³/mol. The molecule has 10 nitrogen and oxygen atoms in total. The van der Waals surface area contributed by atoms with Gasteiger partial charge in [-0.1, -0.05) is 19.4 Å². The van der Waals surface area contributed by atoms with Crippen LogP contribution in [0.3, 0.4) is 0 Å². The van der Waals surface area contributed by atoms with Gasteiger partial charge < -0.3 is 18.8 Å². The van der Waals surface area contributed by atoms with Gasteiger partial charge in [0.2, 0.25) is 0 Å². The maximum Gasteiger partial charge on any atom is 0.330 e. The summed E-state index contributed by atoms with van der Waals surface area (Å²) in [6, 6.07) is 5.33. The third-order valence-electron chi connectivity index (χ3n) is 5.33. The molecule has 1 N–H and O–H groups in total. The van der Waals surface area contributed by atoms with E-state index in [9.17, 15) is 14.4 Å². The molecule has 0 radical (unpaired) electrons. The number of fused-ring (bicyclic) bond motifs is 2. The Bertz CT molecular complexity index is 1260. The second-order valence-electron chi connectivity index (χ2n) is 7.52. The standard InChI is InChI=1S/C22H26N4O6/c1-3-5-8-26-20-19(21(28)24-22(26)29)25(4-2)17(23-20)13-32-18(27)12-14-6-7-15-16(11-14)31-10-9-30-15/h6-7,11H,3-5,8-10,12-13H2,1-2H3,(H,24,28,29). The number of benzene rings is 1. The van der Waals surface area contributed by atoms with E-state index in [4.69, 9.17) is 14.2 Å². The Morgan fingerprint density at radius 2 is 1.94 bits per heavy atom. The van der Waals surface area contributed by atoms with E-state index in [0.717, 1.165) is 18.4 Å². The van der Waals surface area contributed by atoms with Gasteiger partial charge in [0.25, 0.3) is 5.56 Å². The molecule has 3 heterocycles. The van der Waals surface area contributed by atoms with Crippen molar-refractivity contribution in [2.24, 2.45) is 0 Å². The second kappa shape index (κ2) is 9.29. The topological polar surface area (TPSA) is 117 Å². The summed E-state index contributed by atoms with van der Waals surface area (Å²) in [6.45, 7) is 5.65. The zero-order chi connectivity index (χ0) is 22.7. The predicted octanol–water partition coefficient (Wildman–Crippen LogP) is 1.76. The first-order valence-electron chi connectivity index (χ1n) is 10.8. The molecule has 0 amide bonds. The number of aromatic nitrogens is 4. The molecule has 170 valence electrons. The van der Waals surface area contributed by atoms with Crippen molar-refractivity contribution in [1.82, 2.24) is 19.1 Å². The molecule has 3 aromatic rings. The van der Waals surface area contributed by atoms with Crippen molar-refractivity contribution in [2.45, 2.75) is 52.8 Å². The van der Waals surface area contributed by atoms with Gasteiger partial charge in [-0.3, -0.25) is 19.1 Å². The molecule has 0 saturated heterocycles. The number of aryl methyl sites for hydroxylation is 2. The van der Waals surface area contributed by atoms with Crippen LogP contribution in [-0.4, -0.2) is 38.3 Å². The normalized spacial score (nSPS) is 12.8. The van der Waals surface area contributed by atoms with Crippen LogP contribution >= 0.6 is 0 Å². The molecule has 10 heteroatoms. The summed E-state index contributed by atoms with van der Waals surface area (Å²) in [4.78, 5) is 44.0. The summed E-state index contributed by atoms with van der Waals surface area (Å²) >= 11 is 0. The lowest BCUT2D eigenvalue weighted by Crippen LogP contribution is -2.31. The molecule has 0 spiro atoms. The summed E-state index contributed by atoms with van der Waals surface area (Å²) in [6.07, 6.45) is 1.73. The van der Waals surface area contributed by atoms with E-state index < -0.39 is 17.2 Å². The number of imidazole rings is 1. The van der Waals surface area contributed by atoms with Gasteiger partial charge in [-0.2, -0.15) is 0 Å². The fourth-order valence-corrected chi connectivity index (χ4v) is 3.75. The lowest BCUT2D eigenvalue weighted by atomic mass is 10.1. The Hall–Kier alpha value is -3.56. The van der Waals surface area contributed by atoms with E-state index >= 15 is 0 Å². The third-order valence-corrected chi connectivity index (χ3v) is 5.33. The number of ether oxygens (including phenoxy) is 3. The van der Waals surface area contributed by atoms with Crippen molar-refractivity contribution < 1.29 is 19.0 Å². The van der Waals surface area contributed by atoms with Gasteiger partial charge in [0.05, 0.1) is 6.42 Å². The van der Waals surface area contributed by atoms with Crippen molar-refractivity contribution in [3.05, 3.63) is 50.4 Å². The molecule has 0 bridgehead atoms. The maximum atomic E-state index is 12.5. The van der Waals surface area contributed by atoms with Crippen molar-refractivity contribution in [3.63, 3.8) is 0 Å². The first-order valence-corrected chi connectivity index (χ1v) is 10.8. The van der Waals surface area contributed by atoms with Gasteiger partial charge in [-0.15, -0.1) is 0 Å². The number of nitrogens with zero attached hydrogens (tertiary/aromatic N) is 3. The summed E-state index contributed by atoms with van der Waals surface area (Å²) in [5.41, 5.74) is 0.376. The molecule has 0 atom stereocenters. The maximum absolute atomic E-state index is 12.5. The van der Waals surface area contributed by atoms with Crippen molar-refractivity contribution in [1.29, 1.82) is 0 Å². The van der Waals surface area contributed by atoms with Gasteiger partial charge in [-0.25, -0.2) is 9.78 Å². The van der Waals surface area contributed by atoms with E-state index in [0.29, 0.717) is 54.8 Å². The van der Waals surface area contributed by atoms with E-state index in [2.05, 4.69) is 9.97 Å². The quantitative estimate of drug-likeness (QED) is 0.528. The van der Waals surface area contributed by atoms with Gasteiger partial charge >= 0.3 is 11.7 Å². The van der Waals surface area contributed by atoms with Crippen molar-refractivity contribution >= 4 is 17.1 Å². The number of H-pyrrole nitrogens is 1. The fraction of sp³-hybridized carbons (Fsp3) is 0.455. The van der Waals surface area contributed by atoms with Crippen LogP contribution in [0.2, 0.25) is 0 Å². The number of aromatic amines is 1. The average Bonchev–Trinajstić information content (AvgIpc) is 3.16. The highest BCUT2D eigenvalue weighted by Crippen LogP contribution is 2.30. The van der Waals surface area contributed by atoms with Crippen LogP contribution in [0.5, 0.6) is 11.5 Å². The van der Waals surface area contributed by atoms with E-state index in [1.54, 1.807) is 22.8 Å². The van der Waals surface area contributed by atoms with Crippen LogP contribution < -0.4 is 20.7 Å². The SMILES string of the molecule is CCCCn1c(=O)[nH]c(=O)c2c1nc(COC(=O)Cc1ccc3c(c1)OCCO3)n2CC. The molecule has 2 aromatic heterocycles. The summed E-state index contributed by atoms with van der Waals surface area (Å²) in [7, 11) is 0. The zero-order valence-corrected chi connectivity index (χ0v) is 18.2. The molecule has 4 rings (SSSR count). The summed E-state index contributed by atoms with van der Waals surface area (Å²) in [5.74, 6) is 1.25. The van der Waals surface area contributed by atoms with Crippen LogP contribution in [0.15, 0.2) is 27.8 Å². The van der Waals surface area contributed by atoms with Crippen LogP contribution in [-0.2, 0) is 35.6 Å². The Kier molecular flexibility index (Phi) is 6.29. The summed E-state index contributed by atoms with van der Waals surface area (Å²) in [5, 5.41) is 0. The molecule has 32 heavy (non-hydrogen) atoms. The molecule has 0 saturated carbocycles. The first-order chi connectivity index (χ1) is 15.5. The van der Waals surface area contributed by atoms with Crippen LogP contribution in [0.25, 0.3) is 11.2 Å². The second-order valence-corrected chi connectivity index (χ2v) is 7.52. The first kappa shape index (κ1) is 21.7. The van der Waals surface area contributed by atoms with Gasteiger partial charge in [-0.05, 0) is 31.0 Å². The number of unbranched alkanes of at least 4 members (excludes halogenated alkanes) is 1. The highest BCUT2D eigenvalue weighted by molar-refractivity contribution is 5.73. The number of rotatable bonds is 8. The molecule has 1 aliphatic heterocycles. The monoisotopic (exact) mass is 442 g/mol. The molecule has 0 fully saturated rings. The Labute approximate surface area is 183 Å². The number of hydrogen-bond acceptors (Lipinski definition) is 7. The fourth-order valence-electron chi connectivity index (χ4n) is 3.75. The minimum absolute atomic E-state index is 0.0603. The van der Waals surface area contributed by atoms with Crippen molar-refractivity contribution in [2.75, 3.05) is 13.2 Å². The number of esters is 1. The minimum Gasteiger partial charge on any atom is -0.486 e. The van der Waals surface area contributed by atoms with E-state index in [-0.39, 0.29) is 13.0 Å². The smallest absolute Gasteiger partial charge is 0.330 e. The van der Waals surface area contributed by atoms with E-state index in [1.807, 2.05) is 13.8 Å². The van der Waals surface area contributed by atoms with Crippen LogP contribution in [0, 0.1) is 0 Å². The number of hydrogen-bond donors (Lipinski definition) is 1. The molecular weight excluding hydrogens is 416 g/mol. The molecular formula is C22H26N4O6. The molecule has 0 unspecified atom stereocenters. The van der Waals surface area contributed by atoms with Gasteiger partial charge in [0, 0.05) is 13.1 Å². The molecule has 0 aliphatic carbocycles. The Balaban J connectivity index is 1.53. The Morgan fingerprint density at radius 1 is 1.16 bits per heavy atom. The number of nitrogens with one attached hydrogen (secondary N) is 1. The van der Waals surface area contributed by atoms with Crippen LogP contribution in [0.1, 0.15) is 38.1 Å². The molecule has 1 aromatic carbocycles. The van der Waals surface area contributed by atoms with Gasteiger partial charge in [0.15, 0.2) is 22.7 Å². The summed E-state index contributed by atoms with van der Waals surface area (Å²) < 4.78 is 19.6. The molecule has 1 aliphatic rings.